The fraction of sp³-hybridized carbons (Fsp3) is 0.971. The first-order valence-electron chi connectivity index (χ1n) is 35.3. The van der Waals surface area contributed by atoms with Gasteiger partial charge in [-0.25, -0.2) is 4.57 Å². The number of phosphoric ester groups is 1. The summed E-state index contributed by atoms with van der Waals surface area (Å²) in [6.45, 7) is 4.53. The number of rotatable bonds is 67. The number of quaternary nitrogens is 1. The van der Waals surface area contributed by atoms with Gasteiger partial charge < -0.3 is 18.9 Å². The molecular formula is C69H139NO8P+. The van der Waals surface area contributed by atoms with E-state index in [4.69, 9.17) is 18.5 Å². The van der Waals surface area contributed by atoms with Crippen LogP contribution >= 0.6 is 7.82 Å². The molecule has 0 heterocycles. The molecule has 0 saturated carbocycles. The van der Waals surface area contributed by atoms with Gasteiger partial charge in [0.2, 0.25) is 0 Å². The fourth-order valence-electron chi connectivity index (χ4n) is 11.0. The van der Waals surface area contributed by atoms with Crippen molar-refractivity contribution in [3.05, 3.63) is 0 Å². The first-order valence-corrected chi connectivity index (χ1v) is 36.8. The number of carbonyl (C=O) groups excluding carboxylic acids is 2. The molecule has 0 bridgehead atoms. The summed E-state index contributed by atoms with van der Waals surface area (Å²) in [4.78, 5) is 35.9. The minimum Gasteiger partial charge on any atom is -0.462 e. The van der Waals surface area contributed by atoms with Gasteiger partial charge >= 0.3 is 19.8 Å². The highest BCUT2D eigenvalue weighted by Gasteiger charge is 2.27. The van der Waals surface area contributed by atoms with Crippen molar-refractivity contribution in [3.63, 3.8) is 0 Å². The Labute approximate surface area is 493 Å². The molecule has 79 heavy (non-hydrogen) atoms. The van der Waals surface area contributed by atoms with E-state index in [1.807, 2.05) is 21.1 Å². The molecule has 0 aromatic carbocycles. The highest BCUT2D eigenvalue weighted by Crippen LogP contribution is 2.43. The van der Waals surface area contributed by atoms with Crippen molar-refractivity contribution in [2.24, 2.45) is 0 Å². The van der Waals surface area contributed by atoms with Crippen LogP contribution in [0.4, 0.5) is 0 Å². The second kappa shape index (κ2) is 61.6. The third-order valence-electron chi connectivity index (χ3n) is 16.4. The Morgan fingerprint density at radius 1 is 0.342 bits per heavy atom. The van der Waals surface area contributed by atoms with Gasteiger partial charge in [0, 0.05) is 12.8 Å². The number of ether oxygens (including phenoxy) is 2. The zero-order chi connectivity index (χ0) is 57.7. The molecule has 0 aromatic heterocycles. The van der Waals surface area contributed by atoms with Crippen LogP contribution in [-0.2, 0) is 32.7 Å². The zero-order valence-electron chi connectivity index (χ0n) is 53.9. The van der Waals surface area contributed by atoms with Crippen LogP contribution in [0.25, 0.3) is 0 Å². The maximum absolute atomic E-state index is 12.9. The van der Waals surface area contributed by atoms with E-state index in [0.717, 1.165) is 38.5 Å². The van der Waals surface area contributed by atoms with Crippen molar-refractivity contribution in [2.75, 3.05) is 47.5 Å². The van der Waals surface area contributed by atoms with Gasteiger partial charge in [-0.15, -0.1) is 0 Å². The molecule has 0 fully saturated rings. The molecule has 472 valence electrons. The van der Waals surface area contributed by atoms with Gasteiger partial charge in [-0.1, -0.05) is 354 Å². The van der Waals surface area contributed by atoms with Crippen LogP contribution in [-0.4, -0.2) is 74.9 Å². The van der Waals surface area contributed by atoms with Crippen LogP contribution in [0, 0.1) is 0 Å². The summed E-state index contributed by atoms with van der Waals surface area (Å²) in [5.41, 5.74) is 0. The van der Waals surface area contributed by atoms with Crippen molar-refractivity contribution in [1.29, 1.82) is 0 Å². The Kier molecular flexibility index (Phi) is 60.8. The summed E-state index contributed by atoms with van der Waals surface area (Å²) in [5, 5.41) is 0. The third-order valence-corrected chi connectivity index (χ3v) is 17.4. The molecule has 1 N–H and O–H groups in total. The highest BCUT2D eigenvalue weighted by molar-refractivity contribution is 7.47. The quantitative estimate of drug-likeness (QED) is 0.0278. The summed E-state index contributed by atoms with van der Waals surface area (Å²) < 4.78 is 34.7. The SMILES string of the molecule is CCCCCCCCCCCCCCCCCCCCCCCCCCCCCCC(=O)OC(COC(=O)CCCCCCCCCCCCCCCCCCCCCCCCCCCCC)COP(=O)(O)OCC[N+](C)(C)C. The highest BCUT2D eigenvalue weighted by atomic mass is 31.2. The molecule has 0 aliphatic carbocycles. The normalized spacial score (nSPS) is 13.0. The van der Waals surface area contributed by atoms with Gasteiger partial charge in [0.25, 0.3) is 0 Å². The molecule has 0 radical (unpaired) electrons. The minimum atomic E-state index is -4.38. The number of hydrogen-bond acceptors (Lipinski definition) is 7. The maximum atomic E-state index is 12.9. The molecule has 10 heteroatoms. The second-order valence-electron chi connectivity index (χ2n) is 25.6. The monoisotopic (exact) mass is 1140 g/mol. The van der Waals surface area contributed by atoms with Gasteiger partial charge in [-0.3, -0.25) is 18.6 Å². The molecule has 0 aromatic rings. The number of unbranched alkanes of at least 4 members (excludes halogenated alkanes) is 53. The Hall–Kier alpha value is -0.990. The molecule has 0 spiro atoms. The van der Waals surface area contributed by atoms with E-state index in [-0.39, 0.29) is 25.6 Å². The molecular weight excluding hydrogens is 1000 g/mol. The smallest absolute Gasteiger partial charge is 0.462 e. The number of esters is 2. The largest absolute Gasteiger partial charge is 0.472 e. The van der Waals surface area contributed by atoms with E-state index in [1.54, 1.807) is 0 Å². The molecule has 2 unspecified atom stereocenters. The average Bonchev–Trinajstić information content (AvgIpc) is 3.41. The van der Waals surface area contributed by atoms with Crippen LogP contribution in [0.3, 0.4) is 0 Å². The number of phosphoric acid groups is 1. The van der Waals surface area contributed by atoms with E-state index in [9.17, 15) is 19.0 Å². The predicted molar refractivity (Wildman–Crippen MR) is 340 cm³/mol. The van der Waals surface area contributed by atoms with Gasteiger partial charge in [-0.2, -0.15) is 0 Å². The van der Waals surface area contributed by atoms with Crippen LogP contribution in [0.15, 0.2) is 0 Å². The Morgan fingerprint density at radius 3 is 0.810 bits per heavy atom. The van der Waals surface area contributed by atoms with Crippen LogP contribution in [0.5, 0.6) is 0 Å². The minimum absolute atomic E-state index is 0.0377. The zero-order valence-corrected chi connectivity index (χ0v) is 54.8. The topological polar surface area (TPSA) is 108 Å². The molecule has 0 saturated heterocycles. The van der Waals surface area contributed by atoms with E-state index in [1.165, 1.54) is 315 Å². The average molecular weight is 1140 g/mol. The Bertz CT molecular complexity index is 1290. The fourth-order valence-corrected chi connectivity index (χ4v) is 11.7. The van der Waals surface area contributed by atoms with Crippen LogP contribution in [0.2, 0.25) is 0 Å². The summed E-state index contributed by atoms with van der Waals surface area (Å²) in [6, 6.07) is 0. The summed E-state index contributed by atoms with van der Waals surface area (Å²) in [6.07, 6.45) is 73.6. The number of hydrogen-bond donors (Lipinski definition) is 1. The summed E-state index contributed by atoms with van der Waals surface area (Å²) >= 11 is 0. The first-order chi connectivity index (χ1) is 38.5. The Morgan fingerprint density at radius 2 is 0.570 bits per heavy atom. The first kappa shape index (κ1) is 78.0. The molecule has 0 aliphatic rings. The second-order valence-corrected chi connectivity index (χ2v) is 27.1. The van der Waals surface area contributed by atoms with Gasteiger partial charge in [0.1, 0.15) is 19.8 Å². The maximum Gasteiger partial charge on any atom is 0.472 e. The van der Waals surface area contributed by atoms with Crippen LogP contribution < -0.4 is 0 Å². The molecule has 0 aliphatic heterocycles. The number of carbonyl (C=O) groups is 2. The molecule has 2 atom stereocenters. The van der Waals surface area contributed by atoms with E-state index in [2.05, 4.69) is 13.8 Å². The molecule has 0 amide bonds. The lowest BCUT2D eigenvalue weighted by Crippen LogP contribution is -2.37. The van der Waals surface area contributed by atoms with Crippen molar-refractivity contribution < 1.29 is 42.1 Å². The van der Waals surface area contributed by atoms with Crippen molar-refractivity contribution in [3.8, 4) is 0 Å². The van der Waals surface area contributed by atoms with Gasteiger partial charge in [0.15, 0.2) is 6.10 Å². The number of likely N-dealkylation sites (N-methyl/N-ethyl adjacent to an activating group) is 1. The molecule has 0 rings (SSSR count). The van der Waals surface area contributed by atoms with Gasteiger partial charge in [-0.05, 0) is 12.8 Å². The van der Waals surface area contributed by atoms with E-state index < -0.39 is 26.5 Å². The standard InChI is InChI=1S/C69H138NO8P/c1-6-8-10-12-14-16-18-20-22-24-26-28-30-32-34-36-38-40-42-44-46-48-50-52-54-56-58-60-62-69(72)78-67(66-77-79(73,74)76-64-63-70(3,4)5)65-75-68(71)61-59-57-55-53-51-49-47-45-43-41-39-37-35-33-31-29-27-25-23-21-19-17-15-13-11-9-7-2/h67H,6-66H2,1-5H3/p+1. The summed E-state index contributed by atoms with van der Waals surface area (Å²) in [5.74, 6) is -0.767. The Balaban J connectivity index is 3.97. The van der Waals surface area contributed by atoms with Crippen LogP contribution in [0.1, 0.15) is 380 Å². The number of nitrogens with zero attached hydrogens (tertiary/aromatic N) is 1. The van der Waals surface area contributed by atoms with Gasteiger partial charge in [0.05, 0.1) is 27.7 Å². The lowest BCUT2D eigenvalue weighted by molar-refractivity contribution is -0.870. The van der Waals surface area contributed by atoms with Crippen molar-refractivity contribution in [1.82, 2.24) is 0 Å². The lowest BCUT2D eigenvalue weighted by Gasteiger charge is -2.24. The third kappa shape index (κ3) is 66.0. The van der Waals surface area contributed by atoms with E-state index in [0.29, 0.717) is 17.4 Å². The lowest BCUT2D eigenvalue weighted by atomic mass is 10.0. The van der Waals surface area contributed by atoms with Crippen molar-refractivity contribution in [2.45, 2.75) is 386 Å². The summed E-state index contributed by atoms with van der Waals surface area (Å²) in [7, 11) is 1.51. The predicted octanol–water partition coefficient (Wildman–Crippen LogP) is 22.6. The molecule has 9 nitrogen and oxygen atoms in total. The van der Waals surface area contributed by atoms with E-state index >= 15 is 0 Å². The van der Waals surface area contributed by atoms with Crippen molar-refractivity contribution >= 4 is 19.8 Å².